The van der Waals surface area contributed by atoms with Crippen LogP contribution in [0.4, 0.5) is 9.59 Å². The van der Waals surface area contributed by atoms with Crippen molar-refractivity contribution in [3.63, 3.8) is 0 Å². The number of nitrogens with one attached hydrogen (secondary N) is 2. The summed E-state index contributed by atoms with van der Waals surface area (Å²) in [5, 5.41) is 15.2. The van der Waals surface area contributed by atoms with E-state index in [1.807, 2.05) is 19.6 Å². The van der Waals surface area contributed by atoms with E-state index in [1.54, 1.807) is 9.80 Å². The zero-order valence-electron chi connectivity index (χ0n) is 31.0. The van der Waals surface area contributed by atoms with Gasteiger partial charge in [-0.1, -0.05) is 0 Å². The van der Waals surface area contributed by atoms with Crippen molar-refractivity contribution in [3.05, 3.63) is 0 Å². The van der Waals surface area contributed by atoms with E-state index in [0.29, 0.717) is 77.0 Å². The van der Waals surface area contributed by atoms with Crippen molar-refractivity contribution in [1.82, 2.24) is 29.4 Å². The third-order valence-electron chi connectivity index (χ3n) is 11.9. The molecule has 0 spiro atoms. The normalized spacial score (nSPS) is 24.2. The molecule has 16 nitrogen and oxygen atoms in total. The molecule has 0 atom stereocenters. The molecule has 5 aliphatic rings. The molecule has 4 heterocycles. The average Bonchev–Trinajstić information content (AvgIpc) is 3.15. The number of nitrogens with zero attached hydrogens (tertiary/aromatic N) is 6. The second kappa shape index (κ2) is 19.2. The number of likely N-dealkylation sites (tertiary alicyclic amines) is 2. The highest BCUT2D eigenvalue weighted by Crippen LogP contribution is 2.26. The number of carbonyl (C=O) groups is 4. The van der Waals surface area contributed by atoms with Gasteiger partial charge in [-0.2, -0.15) is 0 Å². The highest BCUT2D eigenvalue weighted by Gasteiger charge is 2.31. The first kappa shape index (κ1) is 39.2. The van der Waals surface area contributed by atoms with Crippen molar-refractivity contribution in [2.24, 2.45) is 23.3 Å². The number of hydrogen-bond acceptors (Lipinski definition) is 8. The fourth-order valence-corrected chi connectivity index (χ4v) is 8.28. The molecular formula is C36H62N10O6. The maximum Gasteiger partial charge on any atom is 0.410 e. The molecule has 0 aromatic rings. The van der Waals surface area contributed by atoms with Crippen molar-refractivity contribution >= 4 is 35.9 Å². The molecule has 0 unspecified atom stereocenters. The number of guanidine groups is 2. The van der Waals surface area contributed by atoms with Crippen molar-refractivity contribution in [1.29, 1.82) is 10.8 Å². The van der Waals surface area contributed by atoms with Crippen LogP contribution in [-0.4, -0.2) is 156 Å². The van der Waals surface area contributed by atoms with Crippen LogP contribution in [0.2, 0.25) is 0 Å². The molecule has 16 heteroatoms. The van der Waals surface area contributed by atoms with E-state index in [2.05, 4.69) is 0 Å². The Morgan fingerprint density at radius 3 is 1.08 bits per heavy atom. The van der Waals surface area contributed by atoms with Gasteiger partial charge in [-0.05, 0) is 88.9 Å². The van der Waals surface area contributed by atoms with Crippen LogP contribution in [-0.2, 0) is 19.1 Å². The molecule has 1 saturated carbocycles. The topological polar surface area (TPSA) is 206 Å². The number of piperazine rings is 2. The predicted octanol–water partition coefficient (Wildman–Crippen LogP) is 2.41. The number of piperidine rings is 2. The van der Waals surface area contributed by atoms with Crippen LogP contribution in [0.3, 0.4) is 0 Å². The second-order valence-electron chi connectivity index (χ2n) is 15.3. The average molecular weight is 731 g/mol. The van der Waals surface area contributed by atoms with Crippen LogP contribution in [0.1, 0.15) is 89.9 Å². The minimum absolute atomic E-state index is 0.122. The Labute approximate surface area is 308 Å². The summed E-state index contributed by atoms with van der Waals surface area (Å²) in [7, 11) is 0. The highest BCUT2D eigenvalue weighted by atomic mass is 16.6. The molecule has 0 radical (unpaired) electrons. The zero-order chi connectivity index (χ0) is 37.0. The maximum absolute atomic E-state index is 13.0. The summed E-state index contributed by atoms with van der Waals surface area (Å²) in [6.07, 6.45) is 10.0. The van der Waals surface area contributed by atoms with Crippen LogP contribution in [0.5, 0.6) is 0 Å². The maximum atomic E-state index is 13.0. The fraction of sp³-hybridized carbons (Fsp3) is 0.833. The summed E-state index contributed by atoms with van der Waals surface area (Å²) in [5.41, 5.74) is 11.2. The molecule has 5 rings (SSSR count). The van der Waals surface area contributed by atoms with E-state index in [0.717, 1.165) is 103 Å². The molecule has 5 fully saturated rings. The zero-order valence-corrected chi connectivity index (χ0v) is 31.0. The third-order valence-corrected chi connectivity index (χ3v) is 11.9. The van der Waals surface area contributed by atoms with Gasteiger partial charge < -0.3 is 50.3 Å². The Morgan fingerprint density at radius 2 is 0.769 bits per heavy atom. The summed E-state index contributed by atoms with van der Waals surface area (Å²) in [6.45, 7) is 7.06. The monoisotopic (exact) mass is 730 g/mol. The number of nitrogens with two attached hydrogens (primary N) is 2. The fourth-order valence-electron chi connectivity index (χ4n) is 8.28. The van der Waals surface area contributed by atoms with Gasteiger partial charge in [0.15, 0.2) is 11.9 Å². The molecule has 0 aromatic carbocycles. The smallest absolute Gasteiger partial charge is 0.410 e. The van der Waals surface area contributed by atoms with Gasteiger partial charge in [0.2, 0.25) is 11.8 Å². The largest absolute Gasteiger partial charge is 0.446 e. The molecule has 292 valence electrons. The van der Waals surface area contributed by atoms with Crippen molar-refractivity contribution in [2.45, 2.75) is 102 Å². The van der Waals surface area contributed by atoms with Crippen LogP contribution in [0.25, 0.3) is 0 Å². The number of rotatable bonds is 8. The lowest BCUT2D eigenvalue weighted by Crippen LogP contribution is -2.51. The summed E-state index contributed by atoms with van der Waals surface area (Å²) in [4.78, 5) is 62.6. The lowest BCUT2D eigenvalue weighted by Gasteiger charge is -2.36. The van der Waals surface area contributed by atoms with Gasteiger partial charge in [0.1, 0.15) is 12.2 Å². The Balaban J connectivity index is 0.912. The Hall–Kier alpha value is -3.98. The van der Waals surface area contributed by atoms with Crippen LogP contribution in [0.15, 0.2) is 0 Å². The van der Waals surface area contributed by atoms with E-state index in [4.69, 9.17) is 31.8 Å². The molecule has 6 N–H and O–H groups in total. The van der Waals surface area contributed by atoms with Crippen molar-refractivity contribution in [2.75, 3.05) is 78.5 Å². The molecule has 4 saturated heterocycles. The first-order chi connectivity index (χ1) is 25.0. The molecule has 0 aromatic heterocycles. The van der Waals surface area contributed by atoms with Gasteiger partial charge in [-0.3, -0.25) is 20.4 Å². The Morgan fingerprint density at radius 1 is 0.462 bits per heavy atom. The first-order valence-electron chi connectivity index (χ1n) is 19.7. The van der Waals surface area contributed by atoms with Gasteiger partial charge >= 0.3 is 12.2 Å². The van der Waals surface area contributed by atoms with E-state index in [-0.39, 0.29) is 48.1 Å². The lowest BCUT2D eigenvalue weighted by atomic mass is 9.92. The minimum atomic E-state index is -0.314. The van der Waals surface area contributed by atoms with Gasteiger partial charge in [0, 0.05) is 91.4 Å². The summed E-state index contributed by atoms with van der Waals surface area (Å²) in [6, 6.07) is 0. The summed E-state index contributed by atoms with van der Waals surface area (Å²) in [5.74, 6) is 1.48. The second-order valence-corrected chi connectivity index (χ2v) is 15.3. The number of hydrogen-bond donors (Lipinski definition) is 4. The molecule has 0 bridgehead atoms. The summed E-state index contributed by atoms with van der Waals surface area (Å²) >= 11 is 0. The lowest BCUT2D eigenvalue weighted by molar-refractivity contribution is -0.133. The number of carbonyl (C=O) groups excluding carboxylic acids is 4. The number of ether oxygens (including phenoxy) is 2. The summed E-state index contributed by atoms with van der Waals surface area (Å²) < 4.78 is 11.8. The molecule has 4 amide bonds. The standard InChI is InChI=1S/C36H62N10O6/c37-33(38)43-15-11-27(12-16-43)7-9-31(47)41-19-23-45(24-20-41)35(49)51-29-3-1-4-30(6-2-5-29)52-36(50)46-25-21-42(22-26-46)32(48)10-8-28-13-17-44(18-14-28)34(39)40/h27-30H,1-26H2,(H3,37,38)(H3,39,40). The quantitative estimate of drug-likeness (QED) is 0.212. The first-order valence-corrected chi connectivity index (χ1v) is 19.7. The molecule has 52 heavy (non-hydrogen) atoms. The van der Waals surface area contributed by atoms with E-state index < -0.39 is 0 Å². The molecule has 4 aliphatic heterocycles. The van der Waals surface area contributed by atoms with Gasteiger partial charge in [-0.25, -0.2) is 9.59 Å². The van der Waals surface area contributed by atoms with Gasteiger partial charge in [0.05, 0.1) is 0 Å². The van der Waals surface area contributed by atoms with Gasteiger partial charge in [-0.15, -0.1) is 0 Å². The minimum Gasteiger partial charge on any atom is -0.446 e. The SMILES string of the molecule is N=C(N)N1CCC(CCC(=O)N2CCN(C(=O)OC3CCCC(OC(=O)N4CCN(C(=O)CCC5CCN(C(=N)N)CC5)CC4)CCC3)CC2)CC1. The van der Waals surface area contributed by atoms with Gasteiger partial charge in [0.25, 0.3) is 0 Å². The predicted molar refractivity (Wildman–Crippen MR) is 195 cm³/mol. The molecule has 1 aliphatic carbocycles. The Kier molecular flexibility index (Phi) is 14.5. The van der Waals surface area contributed by atoms with Crippen LogP contribution < -0.4 is 11.5 Å². The van der Waals surface area contributed by atoms with Crippen molar-refractivity contribution in [3.8, 4) is 0 Å². The van der Waals surface area contributed by atoms with Crippen LogP contribution >= 0.6 is 0 Å². The van der Waals surface area contributed by atoms with E-state index in [1.165, 1.54) is 0 Å². The van der Waals surface area contributed by atoms with Crippen molar-refractivity contribution < 1.29 is 28.7 Å². The third kappa shape index (κ3) is 11.5. The van der Waals surface area contributed by atoms with Crippen LogP contribution in [0, 0.1) is 22.7 Å². The number of amides is 4. The van der Waals surface area contributed by atoms with E-state index >= 15 is 0 Å². The molecular weight excluding hydrogens is 668 g/mol. The Bertz CT molecular complexity index is 1140. The highest BCUT2D eigenvalue weighted by molar-refractivity contribution is 5.78. The van der Waals surface area contributed by atoms with E-state index in [9.17, 15) is 19.2 Å².